The summed E-state index contributed by atoms with van der Waals surface area (Å²) >= 11 is 0. The summed E-state index contributed by atoms with van der Waals surface area (Å²) in [5.41, 5.74) is 1.32. The summed E-state index contributed by atoms with van der Waals surface area (Å²) in [6, 6.07) is 10.9. The molecular weight excluding hydrogens is 290 g/mol. The molecule has 2 fully saturated rings. The van der Waals surface area contributed by atoms with Crippen molar-refractivity contribution in [2.75, 3.05) is 26.2 Å². The van der Waals surface area contributed by atoms with Gasteiger partial charge in [0.2, 0.25) is 0 Å². The van der Waals surface area contributed by atoms with Gasteiger partial charge in [0.05, 0.1) is 12.6 Å². The van der Waals surface area contributed by atoms with Gasteiger partial charge in [-0.3, -0.25) is 4.90 Å². The fourth-order valence-electron chi connectivity index (χ4n) is 3.75. The first-order chi connectivity index (χ1) is 11.3. The molecule has 1 aromatic carbocycles. The molecule has 3 rings (SSSR count). The van der Waals surface area contributed by atoms with Gasteiger partial charge in [-0.1, -0.05) is 30.3 Å². The smallest absolute Gasteiger partial charge is 0.317 e. The Labute approximate surface area is 138 Å². The average molecular weight is 317 g/mol. The molecule has 0 aliphatic carbocycles. The van der Waals surface area contributed by atoms with Crippen molar-refractivity contribution in [3.05, 3.63) is 35.9 Å². The lowest BCUT2D eigenvalue weighted by Crippen LogP contribution is -2.48. The third-order valence-corrected chi connectivity index (χ3v) is 5.07. The van der Waals surface area contributed by atoms with Crippen LogP contribution in [0.15, 0.2) is 30.3 Å². The molecule has 0 aromatic heterocycles. The molecular formula is C18H27N3O2. The van der Waals surface area contributed by atoms with Crippen LogP contribution >= 0.6 is 0 Å². The van der Waals surface area contributed by atoms with Gasteiger partial charge in [0.25, 0.3) is 0 Å². The maximum atomic E-state index is 12.3. The highest BCUT2D eigenvalue weighted by Gasteiger charge is 2.30. The second-order valence-electron chi connectivity index (χ2n) is 6.61. The maximum Gasteiger partial charge on any atom is 0.317 e. The third kappa shape index (κ3) is 4.03. The van der Waals surface area contributed by atoms with Crippen LogP contribution in [0.5, 0.6) is 0 Å². The first-order valence-electron chi connectivity index (χ1n) is 8.71. The van der Waals surface area contributed by atoms with Gasteiger partial charge in [0, 0.05) is 25.7 Å². The number of nitrogens with zero attached hydrogens (tertiary/aromatic N) is 2. The van der Waals surface area contributed by atoms with Crippen LogP contribution in [0.1, 0.15) is 31.2 Å². The molecule has 5 heteroatoms. The maximum absolute atomic E-state index is 12.3. The number of aliphatic hydroxyl groups is 1. The van der Waals surface area contributed by atoms with Gasteiger partial charge >= 0.3 is 6.03 Å². The zero-order valence-electron chi connectivity index (χ0n) is 13.7. The molecule has 1 aromatic rings. The highest BCUT2D eigenvalue weighted by atomic mass is 16.3. The van der Waals surface area contributed by atoms with E-state index in [-0.39, 0.29) is 18.7 Å². The Bertz CT molecular complexity index is 508. The number of carbonyl (C=O) groups excluding carboxylic acids is 1. The molecule has 2 aliphatic rings. The largest absolute Gasteiger partial charge is 0.394 e. The van der Waals surface area contributed by atoms with Crippen molar-refractivity contribution in [3.8, 4) is 0 Å². The minimum Gasteiger partial charge on any atom is -0.394 e. The van der Waals surface area contributed by atoms with Gasteiger partial charge in [-0.2, -0.15) is 0 Å². The van der Waals surface area contributed by atoms with E-state index in [1.165, 1.54) is 12.0 Å². The lowest BCUT2D eigenvalue weighted by molar-refractivity contribution is 0.153. The second-order valence-corrected chi connectivity index (χ2v) is 6.61. The van der Waals surface area contributed by atoms with E-state index in [9.17, 15) is 9.90 Å². The van der Waals surface area contributed by atoms with E-state index in [0.717, 1.165) is 38.9 Å². The van der Waals surface area contributed by atoms with Crippen molar-refractivity contribution in [2.24, 2.45) is 0 Å². The van der Waals surface area contributed by atoms with Crippen LogP contribution in [-0.4, -0.2) is 59.3 Å². The Hall–Kier alpha value is -1.59. The van der Waals surface area contributed by atoms with Crippen molar-refractivity contribution in [3.63, 3.8) is 0 Å². The Balaban J connectivity index is 1.50. The van der Waals surface area contributed by atoms with Crippen molar-refractivity contribution in [2.45, 2.75) is 44.3 Å². The highest BCUT2D eigenvalue weighted by molar-refractivity contribution is 5.74. The SMILES string of the molecule is O=C(NCC1CCCN1Cc1ccccc1)N1CCCC1CO. The number of aliphatic hydroxyl groups excluding tert-OH is 1. The number of carbonyl (C=O) groups is 1. The summed E-state index contributed by atoms with van der Waals surface area (Å²) in [7, 11) is 0. The summed E-state index contributed by atoms with van der Waals surface area (Å²) in [5, 5.41) is 12.4. The van der Waals surface area contributed by atoms with Gasteiger partial charge in [-0.15, -0.1) is 0 Å². The molecule has 2 unspecified atom stereocenters. The van der Waals surface area contributed by atoms with Crippen LogP contribution in [0.2, 0.25) is 0 Å². The van der Waals surface area contributed by atoms with Gasteiger partial charge < -0.3 is 15.3 Å². The molecule has 0 saturated carbocycles. The fraction of sp³-hybridized carbons (Fsp3) is 0.611. The predicted octanol–water partition coefficient (Wildman–Crippen LogP) is 1.82. The van der Waals surface area contributed by atoms with Crippen LogP contribution in [0.25, 0.3) is 0 Å². The summed E-state index contributed by atoms with van der Waals surface area (Å²) in [6.45, 7) is 3.56. The third-order valence-electron chi connectivity index (χ3n) is 5.07. The molecule has 2 saturated heterocycles. The number of amides is 2. The molecule has 2 amide bonds. The van der Waals surface area contributed by atoms with Crippen LogP contribution in [0.3, 0.4) is 0 Å². The zero-order chi connectivity index (χ0) is 16.1. The fourth-order valence-corrected chi connectivity index (χ4v) is 3.75. The monoisotopic (exact) mass is 317 g/mol. The number of hydrogen-bond donors (Lipinski definition) is 2. The summed E-state index contributed by atoms with van der Waals surface area (Å²) in [4.78, 5) is 16.6. The molecule has 2 aliphatic heterocycles. The topological polar surface area (TPSA) is 55.8 Å². The normalized spacial score (nSPS) is 25.0. The van der Waals surface area contributed by atoms with E-state index in [0.29, 0.717) is 12.6 Å². The Morgan fingerprint density at radius 2 is 1.87 bits per heavy atom. The van der Waals surface area contributed by atoms with Crippen LogP contribution < -0.4 is 5.32 Å². The Morgan fingerprint density at radius 3 is 2.65 bits per heavy atom. The Morgan fingerprint density at radius 1 is 1.13 bits per heavy atom. The molecule has 5 nitrogen and oxygen atoms in total. The second kappa shape index (κ2) is 7.79. The quantitative estimate of drug-likeness (QED) is 0.871. The first-order valence-corrected chi connectivity index (χ1v) is 8.71. The van der Waals surface area contributed by atoms with Crippen LogP contribution in [-0.2, 0) is 6.54 Å². The predicted molar refractivity (Wildman–Crippen MR) is 90.1 cm³/mol. The summed E-state index contributed by atoms with van der Waals surface area (Å²) in [6.07, 6.45) is 4.22. The van der Waals surface area contributed by atoms with Gasteiger partial charge in [0.1, 0.15) is 0 Å². The number of benzene rings is 1. The van der Waals surface area contributed by atoms with Crippen molar-refractivity contribution >= 4 is 6.03 Å². The van der Waals surface area contributed by atoms with E-state index < -0.39 is 0 Å². The molecule has 2 heterocycles. The zero-order valence-corrected chi connectivity index (χ0v) is 13.7. The van der Waals surface area contributed by atoms with E-state index in [1.807, 2.05) is 6.07 Å². The number of rotatable bonds is 5. The van der Waals surface area contributed by atoms with Crippen LogP contribution in [0, 0.1) is 0 Å². The minimum atomic E-state index is -0.0203. The van der Waals surface area contributed by atoms with Crippen molar-refractivity contribution in [1.29, 1.82) is 0 Å². The van der Waals surface area contributed by atoms with Crippen molar-refractivity contribution in [1.82, 2.24) is 15.1 Å². The van der Waals surface area contributed by atoms with E-state index >= 15 is 0 Å². The van der Waals surface area contributed by atoms with E-state index in [2.05, 4.69) is 34.5 Å². The highest BCUT2D eigenvalue weighted by Crippen LogP contribution is 2.20. The number of nitrogens with one attached hydrogen (secondary N) is 1. The van der Waals surface area contributed by atoms with Gasteiger partial charge in [0.15, 0.2) is 0 Å². The summed E-state index contributed by atoms with van der Waals surface area (Å²) < 4.78 is 0. The minimum absolute atomic E-state index is 0.000926. The van der Waals surface area contributed by atoms with E-state index in [1.54, 1.807) is 4.90 Å². The molecule has 126 valence electrons. The number of likely N-dealkylation sites (tertiary alicyclic amines) is 2. The van der Waals surface area contributed by atoms with Gasteiger partial charge in [-0.05, 0) is 37.8 Å². The standard InChI is InChI=1S/C18H27N3O2/c22-14-17-9-5-11-21(17)18(23)19-12-16-8-4-10-20(16)13-15-6-2-1-3-7-15/h1-3,6-7,16-17,22H,4-5,8-14H2,(H,19,23). The lowest BCUT2D eigenvalue weighted by atomic mass is 10.2. The Kier molecular flexibility index (Phi) is 5.51. The number of urea groups is 1. The first kappa shape index (κ1) is 16.3. The molecule has 2 atom stereocenters. The molecule has 0 bridgehead atoms. The molecule has 23 heavy (non-hydrogen) atoms. The van der Waals surface area contributed by atoms with Gasteiger partial charge in [-0.25, -0.2) is 4.79 Å². The van der Waals surface area contributed by atoms with E-state index in [4.69, 9.17) is 0 Å². The molecule has 0 spiro atoms. The number of hydrogen-bond acceptors (Lipinski definition) is 3. The summed E-state index contributed by atoms with van der Waals surface area (Å²) in [5.74, 6) is 0. The lowest BCUT2D eigenvalue weighted by Gasteiger charge is -2.27. The van der Waals surface area contributed by atoms with Crippen LogP contribution in [0.4, 0.5) is 4.79 Å². The average Bonchev–Trinajstić information content (AvgIpc) is 3.22. The molecule has 0 radical (unpaired) electrons. The van der Waals surface area contributed by atoms with Crippen molar-refractivity contribution < 1.29 is 9.90 Å². The molecule has 2 N–H and O–H groups in total.